The summed E-state index contributed by atoms with van der Waals surface area (Å²) >= 11 is 0. The van der Waals surface area contributed by atoms with Crippen LogP contribution in [0.4, 0.5) is 0 Å². The van der Waals surface area contributed by atoms with Gasteiger partial charge >= 0.3 is 0 Å². The van der Waals surface area contributed by atoms with Crippen molar-refractivity contribution in [2.75, 3.05) is 0 Å². The Morgan fingerprint density at radius 2 is 1.67 bits per heavy atom. The fraction of sp³-hybridized carbons (Fsp3) is 0.400. The van der Waals surface area contributed by atoms with Crippen molar-refractivity contribution >= 4 is 10.0 Å². The minimum atomic E-state index is -3.53. The molecule has 86 valence electrons. The zero-order chi connectivity index (χ0) is 12.1. The van der Waals surface area contributed by atoms with Gasteiger partial charge in [-0.3, -0.25) is 0 Å². The second kappa shape index (κ2) is 5.85. The summed E-state index contributed by atoms with van der Waals surface area (Å²) in [7, 11) is -3.53. The molecule has 0 aliphatic heterocycles. The maximum Gasteiger partial charge on any atom is 0.238 e. The van der Waals surface area contributed by atoms with Crippen LogP contribution in [0.3, 0.4) is 0 Å². The highest BCUT2D eigenvalue weighted by Gasteiger charge is 2.08. The molecule has 0 saturated heterocycles. The highest BCUT2D eigenvalue weighted by molar-refractivity contribution is 7.89. The summed E-state index contributed by atoms with van der Waals surface area (Å²) in [5.41, 5.74) is 0.676. The number of aliphatic hydroxyl groups excluding tert-OH is 1. The maximum atomic E-state index is 10.8. The van der Waals surface area contributed by atoms with Crippen molar-refractivity contribution in [2.24, 2.45) is 5.14 Å². The number of hydrogen-bond donors (Lipinski definition) is 2. The van der Waals surface area contributed by atoms with Crippen LogP contribution in [-0.4, -0.2) is 19.6 Å². The van der Waals surface area contributed by atoms with Gasteiger partial charge in [0, 0.05) is 6.10 Å². The van der Waals surface area contributed by atoms with E-state index >= 15 is 0 Å². The van der Waals surface area contributed by atoms with E-state index in [1.54, 1.807) is 39.0 Å². The minimum Gasteiger partial charge on any atom is -0.394 e. The first kappa shape index (κ1) is 14.1. The van der Waals surface area contributed by atoms with Gasteiger partial charge < -0.3 is 5.11 Å². The second-order valence-corrected chi connectivity index (χ2v) is 4.93. The SMILES string of the molecule is CC(C)O.Cc1ccccc1S(N)(=O)=O. The lowest BCUT2D eigenvalue weighted by Gasteiger charge is -2.00. The Hall–Kier alpha value is -0.910. The Morgan fingerprint density at radius 1 is 1.27 bits per heavy atom. The van der Waals surface area contributed by atoms with E-state index < -0.39 is 10.0 Å². The van der Waals surface area contributed by atoms with Gasteiger partial charge in [0.05, 0.1) is 4.90 Å². The Bertz CT molecular complexity index is 396. The van der Waals surface area contributed by atoms with Crippen molar-refractivity contribution in [1.82, 2.24) is 0 Å². The van der Waals surface area contributed by atoms with Crippen LogP contribution in [0.25, 0.3) is 0 Å². The summed E-state index contributed by atoms with van der Waals surface area (Å²) in [6.07, 6.45) is -0.167. The van der Waals surface area contributed by atoms with Gasteiger partial charge in [0.15, 0.2) is 0 Å². The molecule has 0 bridgehead atoms. The molecule has 0 atom stereocenters. The number of nitrogens with two attached hydrogens (primary N) is 1. The number of benzene rings is 1. The van der Waals surface area contributed by atoms with E-state index in [0.717, 1.165) is 0 Å². The molecular formula is C10H17NO3S. The van der Waals surface area contributed by atoms with Gasteiger partial charge in [0.25, 0.3) is 0 Å². The Morgan fingerprint density at radius 3 is 1.93 bits per heavy atom. The molecule has 0 unspecified atom stereocenters. The maximum absolute atomic E-state index is 10.8. The van der Waals surface area contributed by atoms with Crippen molar-refractivity contribution in [3.8, 4) is 0 Å². The summed E-state index contributed by atoms with van der Waals surface area (Å²) in [4.78, 5) is 0.194. The van der Waals surface area contributed by atoms with Gasteiger partial charge in [0.2, 0.25) is 10.0 Å². The van der Waals surface area contributed by atoms with Gasteiger partial charge in [0.1, 0.15) is 0 Å². The third kappa shape index (κ3) is 6.22. The van der Waals surface area contributed by atoms with Crippen LogP contribution < -0.4 is 5.14 Å². The smallest absolute Gasteiger partial charge is 0.238 e. The van der Waals surface area contributed by atoms with Crippen molar-refractivity contribution in [1.29, 1.82) is 0 Å². The molecule has 0 spiro atoms. The van der Waals surface area contributed by atoms with Crippen LogP contribution in [-0.2, 0) is 10.0 Å². The van der Waals surface area contributed by atoms with E-state index in [2.05, 4.69) is 0 Å². The topological polar surface area (TPSA) is 80.4 Å². The largest absolute Gasteiger partial charge is 0.394 e. The minimum absolute atomic E-state index is 0.167. The predicted molar refractivity (Wildman–Crippen MR) is 59.9 cm³/mol. The highest BCUT2D eigenvalue weighted by atomic mass is 32.2. The first-order valence-electron chi connectivity index (χ1n) is 4.51. The molecule has 1 aromatic carbocycles. The normalized spacial score (nSPS) is 10.8. The number of aryl methyl sites for hydroxylation is 1. The molecule has 0 radical (unpaired) electrons. The zero-order valence-electron chi connectivity index (χ0n) is 9.14. The van der Waals surface area contributed by atoms with E-state index in [9.17, 15) is 8.42 Å². The Kier molecular flexibility index (Phi) is 5.49. The lowest BCUT2D eigenvalue weighted by molar-refractivity contribution is 0.216. The lowest BCUT2D eigenvalue weighted by Crippen LogP contribution is -2.13. The fourth-order valence-electron chi connectivity index (χ4n) is 0.876. The molecular weight excluding hydrogens is 214 g/mol. The van der Waals surface area contributed by atoms with Crippen LogP contribution in [0.1, 0.15) is 19.4 Å². The van der Waals surface area contributed by atoms with Crippen LogP contribution in [0, 0.1) is 6.92 Å². The lowest BCUT2D eigenvalue weighted by atomic mass is 10.2. The molecule has 0 amide bonds. The average Bonchev–Trinajstić information content (AvgIpc) is 2.01. The van der Waals surface area contributed by atoms with E-state index in [0.29, 0.717) is 5.56 Å². The van der Waals surface area contributed by atoms with Crippen molar-refractivity contribution in [3.63, 3.8) is 0 Å². The van der Waals surface area contributed by atoms with Crippen molar-refractivity contribution < 1.29 is 13.5 Å². The number of primary sulfonamides is 1. The molecule has 0 heterocycles. The van der Waals surface area contributed by atoms with Gasteiger partial charge in [-0.1, -0.05) is 18.2 Å². The second-order valence-electron chi connectivity index (χ2n) is 3.40. The van der Waals surface area contributed by atoms with Crippen molar-refractivity contribution in [2.45, 2.75) is 31.8 Å². The number of hydrogen-bond acceptors (Lipinski definition) is 3. The quantitative estimate of drug-likeness (QED) is 0.757. The molecule has 0 fully saturated rings. The van der Waals surface area contributed by atoms with E-state index in [-0.39, 0.29) is 11.0 Å². The molecule has 5 heteroatoms. The van der Waals surface area contributed by atoms with Gasteiger partial charge in [-0.05, 0) is 32.4 Å². The van der Waals surface area contributed by atoms with Crippen LogP contribution in [0.15, 0.2) is 29.2 Å². The monoisotopic (exact) mass is 231 g/mol. The Labute approximate surface area is 90.8 Å². The number of rotatable bonds is 1. The van der Waals surface area contributed by atoms with Gasteiger partial charge in [-0.2, -0.15) is 0 Å². The number of aliphatic hydroxyl groups is 1. The first-order chi connectivity index (χ1) is 6.75. The van der Waals surface area contributed by atoms with Crippen LogP contribution in [0.2, 0.25) is 0 Å². The molecule has 4 nitrogen and oxygen atoms in total. The molecule has 15 heavy (non-hydrogen) atoms. The first-order valence-corrected chi connectivity index (χ1v) is 6.06. The summed E-state index contributed by atoms with van der Waals surface area (Å²) in [6.45, 7) is 5.15. The van der Waals surface area contributed by atoms with E-state index in [4.69, 9.17) is 10.2 Å². The van der Waals surface area contributed by atoms with Crippen LogP contribution >= 0.6 is 0 Å². The van der Waals surface area contributed by atoms with Crippen molar-refractivity contribution in [3.05, 3.63) is 29.8 Å². The molecule has 1 aromatic rings. The van der Waals surface area contributed by atoms with E-state index in [1.807, 2.05) is 0 Å². The standard InChI is InChI=1S/C7H9NO2S.C3H8O/c1-6-4-2-3-5-7(6)11(8,9)10;1-3(2)4/h2-5H,1H3,(H2,8,9,10);3-4H,1-2H3. The predicted octanol–water partition coefficient (Wildman–Crippen LogP) is 1.03. The summed E-state index contributed by atoms with van der Waals surface area (Å²) in [6, 6.07) is 6.61. The summed E-state index contributed by atoms with van der Waals surface area (Å²) in [5, 5.41) is 13.0. The molecule has 0 saturated carbocycles. The third-order valence-corrected chi connectivity index (χ3v) is 2.47. The molecule has 1 rings (SSSR count). The van der Waals surface area contributed by atoms with Gasteiger partial charge in [-0.15, -0.1) is 0 Å². The third-order valence-electron chi connectivity index (χ3n) is 1.40. The zero-order valence-corrected chi connectivity index (χ0v) is 9.95. The van der Waals surface area contributed by atoms with Crippen LogP contribution in [0.5, 0.6) is 0 Å². The highest BCUT2D eigenvalue weighted by Crippen LogP contribution is 2.10. The summed E-state index contributed by atoms with van der Waals surface area (Å²) in [5.74, 6) is 0. The molecule has 0 aromatic heterocycles. The van der Waals surface area contributed by atoms with Gasteiger partial charge in [-0.25, -0.2) is 13.6 Å². The molecule has 0 aliphatic carbocycles. The summed E-state index contributed by atoms with van der Waals surface area (Å²) < 4.78 is 21.7. The number of sulfonamides is 1. The molecule has 0 aliphatic rings. The van der Waals surface area contributed by atoms with E-state index in [1.165, 1.54) is 6.07 Å². The average molecular weight is 231 g/mol. The fourth-order valence-corrected chi connectivity index (χ4v) is 1.66. The molecule has 3 N–H and O–H groups in total. The Balaban J connectivity index is 0.000000423.